The molecule has 0 bridgehead atoms. The van der Waals surface area contributed by atoms with Crippen LogP contribution in [0.4, 0.5) is 4.79 Å². The number of rotatable bonds is 10. The van der Waals surface area contributed by atoms with Gasteiger partial charge in [-0.1, -0.05) is 60.7 Å². The van der Waals surface area contributed by atoms with Gasteiger partial charge in [-0.15, -0.1) is 11.3 Å². The average Bonchev–Trinajstić information content (AvgIpc) is 3.63. The molecule has 38 heavy (non-hydrogen) atoms. The number of Topliss-reactive ketones (excluding diaryl/α,β-unsaturated/α-hetero) is 1. The normalized spacial score (nSPS) is 16.5. The van der Waals surface area contributed by atoms with Gasteiger partial charge in [0.05, 0.1) is 6.04 Å². The Bertz CT molecular complexity index is 1250. The Morgan fingerprint density at radius 2 is 1.74 bits per heavy atom. The van der Waals surface area contributed by atoms with Crippen LogP contribution in [0, 0.1) is 5.41 Å². The van der Waals surface area contributed by atoms with E-state index < -0.39 is 36.0 Å². The summed E-state index contributed by atoms with van der Waals surface area (Å²) < 4.78 is 0. The molecule has 3 aromatic rings. The maximum absolute atomic E-state index is 14.0. The summed E-state index contributed by atoms with van der Waals surface area (Å²) in [5, 5.41) is 25.5. The molecule has 0 saturated carbocycles. The molecular weight excluding hydrogens is 504 g/mol. The van der Waals surface area contributed by atoms with Crippen molar-refractivity contribution in [3.63, 3.8) is 0 Å². The highest BCUT2D eigenvalue weighted by atomic mass is 32.1. The summed E-state index contributed by atoms with van der Waals surface area (Å²) in [6.45, 7) is 0.683. The molecule has 10 nitrogen and oxygen atoms in total. The molecule has 6 N–H and O–H groups in total. The molecule has 11 heteroatoms. The van der Waals surface area contributed by atoms with Gasteiger partial charge in [-0.25, -0.2) is 9.78 Å². The fraction of sp³-hybridized carbons (Fsp3) is 0.296. The van der Waals surface area contributed by atoms with Crippen LogP contribution in [0.15, 0.2) is 66.0 Å². The van der Waals surface area contributed by atoms with E-state index in [-0.39, 0.29) is 22.3 Å². The molecule has 1 aliphatic heterocycles. The summed E-state index contributed by atoms with van der Waals surface area (Å²) in [6, 6.07) is 15.6. The van der Waals surface area contributed by atoms with E-state index in [1.807, 2.05) is 60.7 Å². The van der Waals surface area contributed by atoms with Gasteiger partial charge in [0.1, 0.15) is 28.6 Å². The molecule has 2 heterocycles. The number of carboxylic acid groups (broad SMARTS) is 1. The lowest BCUT2D eigenvalue weighted by Gasteiger charge is -2.34. The first-order chi connectivity index (χ1) is 18.3. The second-order valence-corrected chi connectivity index (χ2v) is 10.0. The lowest BCUT2D eigenvalue weighted by atomic mass is 9.83. The van der Waals surface area contributed by atoms with Gasteiger partial charge >= 0.3 is 6.09 Å². The molecule has 0 spiro atoms. The zero-order chi connectivity index (χ0) is 27.2. The smallest absolute Gasteiger partial charge is 0.407 e. The number of ketones is 1. The largest absolute Gasteiger partial charge is 0.465 e. The minimum absolute atomic E-state index is 0.210. The number of carbonyl (C=O) groups excluding carboxylic acids is 2. The molecule has 1 unspecified atom stereocenters. The number of amidine groups is 1. The number of aromatic nitrogens is 1. The van der Waals surface area contributed by atoms with Gasteiger partial charge in [-0.2, -0.15) is 0 Å². The number of carbonyl (C=O) groups is 3. The minimum atomic E-state index is -1.28. The maximum Gasteiger partial charge on any atom is 0.407 e. The summed E-state index contributed by atoms with van der Waals surface area (Å²) >= 11 is 1.12. The van der Waals surface area contributed by atoms with E-state index in [2.05, 4.69) is 15.6 Å². The van der Waals surface area contributed by atoms with Gasteiger partial charge in [0, 0.05) is 18.3 Å². The van der Waals surface area contributed by atoms with Crippen molar-refractivity contribution in [2.45, 2.75) is 36.9 Å². The Morgan fingerprint density at radius 1 is 1.13 bits per heavy atom. The van der Waals surface area contributed by atoms with E-state index in [1.165, 1.54) is 7.05 Å². The van der Waals surface area contributed by atoms with Crippen molar-refractivity contribution in [2.75, 3.05) is 13.6 Å². The SMILES string of the molecule is CN(C(=O)O)[C@@H](C(=O)NC(C(=O)[C@@H]1CCCN1)c1nc(C(=N)N)cs1)C(c1ccccc1)c1ccccc1. The van der Waals surface area contributed by atoms with E-state index in [9.17, 15) is 19.5 Å². The van der Waals surface area contributed by atoms with Gasteiger partial charge in [-0.05, 0) is 30.5 Å². The number of likely N-dealkylation sites (N-methyl/N-ethyl adjacent to an activating group) is 1. The quantitative estimate of drug-likeness (QED) is 0.197. The first-order valence-electron chi connectivity index (χ1n) is 12.2. The van der Waals surface area contributed by atoms with Crippen LogP contribution in [-0.2, 0) is 9.59 Å². The van der Waals surface area contributed by atoms with Crippen LogP contribution in [0.2, 0.25) is 0 Å². The third-order valence-corrected chi connectivity index (χ3v) is 7.55. The van der Waals surface area contributed by atoms with Crippen LogP contribution < -0.4 is 16.4 Å². The molecule has 3 atom stereocenters. The highest BCUT2D eigenvalue weighted by Crippen LogP contribution is 2.32. The molecule has 2 amide bonds. The molecule has 0 radical (unpaired) electrons. The van der Waals surface area contributed by atoms with Crippen LogP contribution in [-0.4, -0.2) is 64.3 Å². The summed E-state index contributed by atoms with van der Waals surface area (Å²) in [4.78, 5) is 45.1. The Labute approximate surface area is 224 Å². The summed E-state index contributed by atoms with van der Waals surface area (Å²) in [5.41, 5.74) is 7.30. The number of nitrogens with two attached hydrogens (primary N) is 1. The third-order valence-electron chi connectivity index (χ3n) is 6.64. The molecule has 2 aromatic carbocycles. The standard InChI is InChI=1S/C27H30N6O4S/c1-33(27(36)37)22(20(16-9-4-2-5-10-16)17-11-6-3-7-12-17)25(35)32-21(23(34)18-13-8-14-30-18)26-31-19(15-38-26)24(28)29/h2-7,9-12,15,18,20-22,30H,8,13-14H2,1H3,(H3,28,29)(H,32,35)(H,36,37)/t18-,21?,22+/m0/s1. The highest BCUT2D eigenvalue weighted by Gasteiger charge is 2.40. The molecule has 1 aromatic heterocycles. The zero-order valence-corrected chi connectivity index (χ0v) is 21.7. The number of nitrogen functional groups attached to an aromatic ring is 1. The van der Waals surface area contributed by atoms with E-state index in [4.69, 9.17) is 11.1 Å². The van der Waals surface area contributed by atoms with Gasteiger partial charge in [0.2, 0.25) is 5.91 Å². The Morgan fingerprint density at radius 3 is 2.21 bits per heavy atom. The number of hydrogen-bond donors (Lipinski definition) is 5. The molecule has 1 saturated heterocycles. The number of nitrogens with one attached hydrogen (secondary N) is 3. The predicted molar refractivity (Wildman–Crippen MR) is 144 cm³/mol. The molecular formula is C27H30N6O4S. The second kappa shape index (κ2) is 12.0. The van der Waals surface area contributed by atoms with Crippen molar-refractivity contribution < 1.29 is 19.5 Å². The molecule has 1 fully saturated rings. The first-order valence-corrected chi connectivity index (χ1v) is 13.1. The molecule has 1 aliphatic rings. The second-order valence-electron chi connectivity index (χ2n) is 9.11. The molecule has 198 valence electrons. The predicted octanol–water partition coefficient (Wildman–Crippen LogP) is 2.72. The van der Waals surface area contributed by atoms with Crippen LogP contribution in [0.5, 0.6) is 0 Å². The van der Waals surface area contributed by atoms with Crippen molar-refractivity contribution in [2.24, 2.45) is 5.73 Å². The summed E-state index contributed by atoms with van der Waals surface area (Å²) in [5.74, 6) is -1.81. The summed E-state index contributed by atoms with van der Waals surface area (Å²) in [7, 11) is 1.35. The summed E-state index contributed by atoms with van der Waals surface area (Å²) in [6.07, 6.45) is 0.156. The van der Waals surface area contributed by atoms with Gasteiger partial charge in [0.25, 0.3) is 0 Å². The number of thiazole rings is 1. The number of hydrogen-bond acceptors (Lipinski definition) is 7. The molecule has 4 rings (SSSR count). The van der Waals surface area contributed by atoms with Crippen LogP contribution in [0.25, 0.3) is 0 Å². The zero-order valence-electron chi connectivity index (χ0n) is 20.8. The number of amides is 2. The highest BCUT2D eigenvalue weighted by molar-refractivity contribution is 7.10. The van der Waals surface area contributed by atoms with E-state index >= 15 is 0 Å². The van der Waals surface area contributed by atoms with Crippen molar-refractivity contribution in [1.82, 2.24) is 20.5 Å². The Kier molecular flexibility index (Phi) is 8.49. The van der Waals surface area contributed by atoms with Crippen molar-refractivity contribution >= 4 is 35.0 Å². The Balaban J connectivity index is 1.76. The van der Waals surface area contributed by atoms with E-state index in [0.717, 1.165) is 33.8 Å². The minimum Gasteiger partial charge on any atom is -0.465 e. The molecule has 0 aliphatic carbocycles. The number of benzene rings is 2. The van der Waals surface area contributed by atoms with E-state index in [0.29, 0.717) is 13.0 Å². The maximum atomic E-state index is 14.0. The average molecular weight is 535 g/mol. The van der Waals surface area contributed by atoms with Crippen LogP contribution >= 0.6 is 11.3 Å². The monoisotopic (exact) mass is 534 g/mol. The topological polar surface area (TPSA) is 162 Å². The van der Waals surface area contributed by atoms with Crippen molar-refractivity contribution in [3.8, 4) is 0 Å². The van der Waals surface area contributed by atoms with Gasteiger partial charge in [-0.3, -0.25) is 19.9 Å². The first kappa shape index (κ1) is 27.0. The number of nitrogens with zero attached hydrogens (tertiary/aromatic N) is 2. The van der Waals surface area contributed by atoms with Crippen LogP contribution in [0.3, 0.4) is 0 Å². The van der Waals surface area contributed by atoms with Gasteiger partial charge < -0.3 is 21.5 Å². The van der Waals surface area contributed by atoms with Crippen LogP contribution in [0.1, 0.15) is 46.6 Å². The van der Waals surface area contributed by atoms with Crippen molar-refractivity contribution in [3.05, 3.63) is 87.9 Å². The lowest BCUT2D eigenvalue weighted by molar-refractivity contribution is -0.131. The fourth-order valence-corrected chi connectivity index (χ4v) is 5.58. The van der Waals surface area contributed by atoms with E-state index in [1.54, 1.807) is 5.38 Å². The third kappa shape index (κ3) is 5.90. The van der Waals surface area contributed by atoms with Crippen molar-refractivity contribution in [1.29, 1.82) is 5.41 Å². The van der Waals surface area contributed by atoms with Gasteiger partial charge in [0.15, 0.2) is 5.78 Å². The lowest BCUT2D eigenvalue weighted by Crippen LogP contribution is -2.53. The Hall–Kier alpha value is -4.09. The fourth-order valence-electron chi connectivity index (χ4n) is 4.70.